The first-order chi connectivity index (χ1) is 15.1. The van der Waals surface area contributed by atoms with Crippen LogP contribution in [0, 0.1) is 0 Å². The molecule has 0 aliphatic rings. The van der Waals surface area contributed by atoms with E-state index < -0.39 is 0 Å². The fraction of sp³-hybridized carbons (Fsp3) is 0.500. The van der Waals surface area contributed by atoms with Gasteiger partial charge in [-0.2, -0.15) is 0 Å². The van der Waals surface area contributed by atoms with Crippen LogP contribution in [0.5, 0.6) is 5.75 Å². The van der Waals surface area contributed by atoms with Gasteiger partial charge >= 0.3 is 6.03 Å². The number of unbranched alkanes of at least 4 members (excludes halogenated alkanes) is 9. The number of nitrogens with zero attached hydrogens (tertiary/aromatic N) is 1. The smallest absolute Gasteiger partial charge is 0.322 e. The average molecular weight is 445 g/mol. The zero-order chi connectivity index (χ0) is 22.3. The van der Waals surface area contributed by atoms with E-state index in [1.165, 1.54) is 51.4 Å². The highest BCUT2D eigenvalue weighted by molar-refractivity contribution is 6.30. The predicted octanol–water partition coefficient (Wildman–Crippen LogP) is 8.00. The molecular formula is C26H37ClN2O2. The number of nitrogens with one attached hydrogen (secondary N) is 1. The first-order valence-electron chi connectivity index (χ1n) is 11.7. The lowest BCUT2D eigenvalue weighted by Gasteiger charge is -2.24. The standard InChI is InChI=1S/C26H37ClN2O2/c1-2-3-4-5-6-7-8-9-10-14-19-29(21-22-20-23(27)17-18-25(22)30)26(31)28-24-15-12-11-13-16-24/h11-13,15-18,20,30H,2-10,14,19,21H2,1H3,(H,28,31). The largest absolute Gasteiger partial charge is 0.508 e. The Morgan fingerprint density at radius 1 is 0.903 bits per heavy atom. The molecule has 0 radical (unpaired) electrons. The number of carbonyl (C=O) groups excluding carboxylic acids is 1. The summed E-state index contributed by atoms with van der Waals surface area (Å²) in [5, 5.41) is 13.7. The number of urea groups is 1. The van der Waals surface area contributed by atoms with Crippen LogP contribution in [0.3, 0.4) is 0 Å². The van der Waals surface area contributed by atoms with Gasteiger partial charge in [0.1, 0.15) is 5.75 Å². The van der Waals surface area contributed by atoms with Gasteiger partial charge < -0.3 is 15.3 Å². The first kappa shape index (κ1) is 25.1. The number of para-hydroxylation sites is 1. The molecule has 2 aromatic rings. The average Bonchev–Trinajstić information content (AvgIpc) is 2.77. The molecule has 5 heteroatoms. The molecule has 0 aliphatic heterocycles. The Kier molecular flexibility index (Phi) is 11.9. The van der Waals surface area contributed by atoms with Crippen LogP contribution in [0.2, 0.25) is 5.02 Å². The Morgan fingerprint density at radius 3 is 2.16 bits per heavy atom. The Morgan fingerprint density at radius 2 is 1.52 bits per heavy atom. The van der Waals surface area contributed by atoms with Crippen LogP contribution < -0.4 is 5.32 Å². The molecule has 0 saturated heterocycles. The molecule has 0 heterocycles. The number of benzene rings is 2. The van der Waals surface area contributed by atoms with Gasteiger partial charge in [-0.1, -0.05) is 94.5 Å². The summed E-state index contributed by atoms with van der Waals surface area (Å²) < 4.78 is 0. The highest BCUT2D eigenvalue weighted by Gasteiger charge is 2.16. The minimum Gasteiger partial charge on any atom is -0.508 e. The van der Waals surface area contributed by atoms with Crippen LogP contribution in [-0.4, -0.2) is 22.6 Å². The molecule has 2 N–H and O–H groups in total. The quantitative estimate of drug-likeness (QED) is 0.290. The Hall–Kier alpha value is -2.20. The number of carbonyl (C=O) groups is 1. The maximum Gasteiger partial charge on any atom is 0.322 e. The maximum atomic E-state index is 12.9. The summed E-state index contributed by atoms with van der Waals surface area (Å²) in [7, 11) is 0. The summed E-state index contributed by atoms with van der Waals surface area (Å²) in [6, 6.07) is 14.2. The van der Waals surface area contributed by atoms with Gasteiger partial charge in [0.15, 0.2) is 0 Å². The van der Waals surface area contributed by atoms with Crippen molar-refractivity contribution in [1.82, 2.24) is 4.90 Å². The minimum atomic E-state index is -0.165. The fourth-order valence-corrected chi connectivity index (χ4v) is 3.85. The lowest BCUT2D eigenvalue weighted by atomic mass is 10.1. The third kappa shape index (κ3) is 10.1. The van der Waals surface area contributed by atoms with E-state index in [-0.39, 0.29) is 11.8 Å². The van der Waals surface area contributed by atoms with Gasteiger partial charge in [0, 0.05) is 22.8 Å². The minimum absolute atomic E-state index is 0.157. The number of rotatable bonds is 14. The Balaban J connectivity index is 1.83. The van der Waals surface area contributed by atoms with Gasteiger partial charge in [-0.3, -0.25) is 0 Å². The molecule has 2 aromatic carbocycles. The molecular weight excluding hydrogens is 408 g/mol. The monoisotopic (exact) mass is 444 g/mol. The number of hydrogen-bond acceptors (Lipinski definition) is 2. The van der Waals surface area contributed by atoms with Crippen molar-refractivity contribution in [2.45, 2.75) is 77.7 Å². The summed E-state index contributed by atoms with van der Waals surface area (Å²) >= 11 is 6.09. The molecule has 0 atom stereocenters. The van der Waals surface area contributed by atoms with Crippen LogP contribution in [0.25, 0.3) is 0 Å². The van der Waals surface area contributed by atoms with E-state index in [1.54, 1.807) is 23.1 Å². The maximum absolute atomic E-state index is 12.9. The third-order valence-corrected chi connectivity index (χ3v) is 5.73. The zero-order valence-corrected chi connectivity index (χ0v) is 19.5. The number of phenols is 1. The topological polar surface area (TPSA) is 52.6 Å². The normalized spacial score (nSPS) is 10.8. The molecule has 0 spiro atoms. The van der Waals surface area contributed by atoms with E-state index in [9.17, 15) is 9.90 Å². The summed E-state index contributed by atoms with van der Waals surface area (Å²) in [6.07, 6.45) is 12.5. The highest BCUT2D eigenvalue weighted by atomic mass is 35.5. The van der Waals surface area contributed by atoms with E-state index >= 15 is 0 Å². The van der Waals surface area contributed by atoms with Gasteiger partial charge in [-0.05, 0) is 36.8 Å². The van der Waals surface area contributed by atoms with Gasteiger partial charge in [0.2, 0.25) is 0 Å². The second-order valence-corrected chi connectivity index (χ2v) is 8.61. The molecule has 4 nitrogen and oxygen atoms in total. The molecule has 2 rings (SSSR count). The molecule has 0 aromatic heterocycles. The fourth-order valence-electron chi connectivity index (χ4n) is 3.65. The van der Waals surface area contributed by atoms with Gasteiger partial charge in [-0.15, -0.1) is 0 Å². The van der Waals surface area contributed by atoms with Crippen molar-refractivity contribution >= 4 is 23.3 Å². The van der Waals surface area contributed by atoms with Crippen molar-refractivity contribution < 1.29 is 9.90 Å². The molecule has 0 saturated carbocycles. The Labute approximate surface area is 192 Å². The van der Waals surface area contributed by atoms with Crippen LogP contribution in [0.15, 0.2) is 48.5 Å². The number of aromatic hydroxyl groups is 1. The van der Waals surface area contributed by atoms with Crippen LogP contribution in [-0.2, 0) is 6.54 Å². The third-order valence-electron chi connectivity index (χ3n) is 5.50. The summed E-state index contributed by atoms with van der Waals surface area (Å²) in [5.74, 6) is 0.157. The van der Waals surface area contributed by atoms with Crippen LogP contribution in [0.4, 0.5) is 10.5 Å². The molecule has 170 valence electrons. The van der Waals surface area contributed by atoms with Crippen molar-refractivity contribution in [3.63, 3.8) is 0 Å². The number of amides is 2. The number of phenolic OH excluding ortho intramolecular Hbond substituents is 1. The first-order valence-corrected chi connectivity index (χ1v) is 12.1. The summed E-state index contributed by atoms with van der Waals surface area (Å²) in [6.45, 7) is 3.21. The number of hydrogen-bond donors (Lipinski definition) is 2. The van der Waals surface area contributed by atoms with E-state index in [1.807, 2.05) is 30.3 Å². The van der Waals surface area contributed by atoms with Gasteiger partial charge in [0.05, 0.1) is 6.54 Å². The lowest BCUT2D eigenvalue weighted by molar-refractivity contribution is 0.207. The van der Waals surface area contributed by atoms with Gasteiger partial charge in [-0.25, -0.2) is 4.79 Å². The second-order valence-electron chi connectivity index (χ2n) is 8.17. The molecule has 0 fully saturated rings. The van der Waals surface area contributed by atoms with E-state index in [0.29, 0.717) is 23.7 Å². The van der Waals surface area contributed by atoms with Gasteiger partial charge in [0.25, 0.3) is 0 Å². The SMILES string of the molecule is CCCCCCCCCCCCN(Cc1cc(Cl)ccc1O)C(=O)Nc1ccccc1. The van der Waals surface area contributed by atoms with Crippen molar-refractivity contribution in [3.8, 4) is 5.75 Å². The summed E-state index contributed by atoms with van der Waals surface area (Å²) in [5.41, 5.74) is 1.42. The lowest BCUT2D eigenvalue weighted by Crippen LogP contribution is -2.35. The van der Waals surface area contributed by atoms with Crippen molar-refractivity contribution in [3.05, 3.63) is 59.1 Å². The zero-order valence-electron chi connectivity index (χ0n) is 18.8. The molecule has 0 unspecified atom stereocenters. The van der Waals surface area contributed by atoms with Crippen molar-refractivity contribution in [1.29, 1.82) is 0 Å². The van der Waals surface area contributed by atoms with Crippen molar-refractivity contribution in [2.75, 3.05) is 11.9 Å². The summed E-state index contributed by atoms with van der Waals surface area (Å²) in [4.78, 5) is 14.7. The van der Waals surface area contributed by atoms with Crippen LogP contribution in [0.1, 0.15) is 76.7 Å². The van der Waals surface area contributed by atoms with E-state index in [4.69, 9.17) is 11.6 Å². The number of halogens is 1. The molecule has 2 amide bonds. The molecule has 0 aliphatic carbocycles. The Bertz CT molecular complexity index is 767. The van der Waals surface area contributed by atoms with E-state index in [0.717, 1.165) is 18.5 Å². The second kappa shape index (κ2) is 14.7. The van der Waals surface area contributed by atoms with E-state index in [2.05, 4.69) is 12.2 Å². The van der Waals surface area contributed by atoms with Crippen molar-refractivity contribution in [2.24, 2.45) is 0 Å². The highest BCUT2D eigenvalue weighted by Crippen LogP contribution is 2.24. The number of anilines is 1. The predicted molar refractivity (Wildman–Crippen MR) is 131 cm³/mol. The van der Waals surface area contributed by atoms with Crippen LogP contribution >= 0.6 is 11.6 Å². The molecule has 31 heavy (non-hydrogen) atoms. The molecule has 0 bridgehead atoms.